The van der Waals surface area contributed by atoms with Crippen LogP contribution in [-0.4, -0.2) is 12.1 Å². The number of rotatable bonds is 4. The Hall–Kier alpha value is -0.760. The van der Waals surface area contributed by atoms with E-state index in [1.807, 2.05) is 19.2 Å². The minimum atomic E-state index is 0.417. The van der Waals surface area contributed by atoms with Gasteiger partial charge in [0.05, 0.1) is 0 Å². The second-order valence-corrected chi connectivity index (χ2v) is 4.05. The number of hydrogen-bond donors (Lipinski definition) is 2. The molecule has 0 saturated heterocycles. The third-order valence-corrected chi connectivity index (χ3v) is 2.88. The second-order valence-electron chi connectivity index (χ2n) is 4.05. The Morgan fingerprint density at radius 2 is 2.07 bits per heavy atom. The van der Waals surface area contributed by atoms with Crippen molar-refractivity contribution in [2.45, 2.75) is 45.2 Å². The van der Waals surface area contributed by atoms with E-state index in [-0.39, 0.29) is 0 Å². The summed E-state index contributed by atoms with van der Waals surface area (Å²) in [6.45, 7) is 4.10. The van der Waals surface area contributed by atoms with Crippen LogP contribution in [0.3, 0.4) is 0 Å². The molecule has 0 aliphatic heterocycles. The Labute approximate surface area is 87.3 Å². The summed E-state index contributed by atoms with van der Waals surface area (Å²) in [6.07, 6.45) is 12.0. The molecule has 3 N–H and O–H groups in total. The summed E-state index contributed by atoms with van der Waals surface area (Å²) in [6, 6.07) is 0.880. The zero-order valence-corrected chi connectivity index (χ0v) is 9.24. The topological polar surface area (TPSA) is 38.0 Å². The molecular formula is C12H22N2. The van der Waals surface area contributed by atoms with Crippen LogP contribution in [0, 0.1) is 5.92 Å². The van der Waals surface area contributed by atoms with Crippen LogP contribution in [0.15, 0.2) is 24.4 Å². The molecule has 0 aromatic rings. The third kappa shape index (κ3) is 3.18. The summed E-state index contributed by atoms with van der Waals surface area (Å²) in [5.74, 6) is 0.706. The van der Waals surface area contributed by atoms with Gasteiger partial charge in [0.1, 0.15) is 0 Å². The molecule has 2 heteroatoms. The van der Waals surface area contributed by atoms with E-state index in [4.69, 9.17) is 5.73 Å². The van der Waals surface area contributed by atoms with Gasteiger partial charge in [0, 0.05) is 12.1 Å². The molecule has 0 amide bonds. The van der Waals surface area contributed by atoms with Crippen molar-refractivity contribution in [3.63, 3.8) is 0 Å². The summed E-state index contributed by atoms with van der Waals surface area (Å²) in [4.78, 5) is 0. The van der Waals surface area contributed by atoms with E-state index in [0.717, 1.165) is 6.42 Å². The Bertz CT molecular complexity index is 208. The van der Waals surface area contributed by atoms with Crippen LogP contribution in [0.25, 0.3) is 0 Å². The smallest absolute Gasteiger partial charge is 0.0467 e. The highest BCUT2D eigenvalue weighted by atomic mass is 14.9. The number of hydrogen-bond acceptors (Lipinski definition) is 2. The predicted molar refractivity (Wildman–Crippen MR) is 61.9 cm³/mol. The number of nitrogens with two attached hydrogens (primary N) is 1. The van der Waals surface area contributed by atoms with Crippen LogP contribution in [0.2, 0.25) is 0 Å². The van der Waals surface area contributed by atoms with Gasteiger partial charge in [-0.3, -0.25) is 0 Å². The Balaban J connectivity index is 2.49. The average Bonchev–Trinajstić information content (AvgIpc) is 2.59. The lowest BCUT2D eigenvalue weighted by atomic mass is 9.97. The highest BCUT2D eigenvalue weighted by molar-refractivity contribution is 5.00. The first kappa shape index (κ1) is 11.3. The lowest BCUT2D eigenvalue weighted by molar-refractivity contribution is 0.443. The third-order valence-electron chi connectivity index (χ3n) is 2.88. The zero-order chi connectivity index (χ0) is 10.4. The van der Waals surface area contributed by atoms with Crippen LogP contribution >= 0.6 is 0 Å². The van der Waals surface area contributed by atoms with Crippen LogP contribution in [-0.2, 0) is 0 Å². The summed E-state index contributed by atoms with van der Waals surface area (Å²) in [7, 11) is 0. The van der Waals surface area contributed by atoms with Crippen molar-refractivity contribution in [3.05, 3.63) is 24.4 Å². The van der Waals surface area contributed by atoms with Crippen LogP contribution in [0.4, 0.5) is 0 Å². The molecule has 1 saturated carbocycles. The van der Waals surface area contributed by atoms with Gasteiger partial charge in [-0.2, -0.15) is 0 Å². The average molecular weight is 194 g/mol. The maximum absolute atomic E-state index is 5.92. The van der Waals surface area contributed by atoms with Gasteiger partial charge in [-0.1, -0.05) is 18.2 Å². The maximum atomic E-state index is 5.92. The molecule has 0 bridgehead atoms. The van der Waals surface area contributed by atoms with E-state index in [2.05, 4.69) is 24.4 Å². The normalized spacial score (nSPS) is 30.2. The van der Waals surface area contributed by atoms with Crippen molar-refractivity contribution in [1.82, 2.24) is 5.32 Å². The van der Waals surface area contributed by atoms with E-state index >= 15 is 0 Å². The molecule has 0 aromatic carbocycles. The van der Waals surface area contributed by atoms with Crippen LogP contribution in [0.5, 0.6) is 0 Å². The van der Waals surface area contributed by atoms with E-state index in [9.17, 15) is 0 Å². The van der Waals surface area contributed by atoms with Crippen molar-refractivity contribution in [2.75, 3.05) is 0 Å². The van der Waals surface area contributed by atoms with Gasteiger partial charge >= 0.3 is 0 Å². The minimum absolute atomic E-state index is 0.417. The first-order chi connectivity index (χ1) is 6.77. The fraction of sp³-hybridized carbons (Fsp3) is 0.667. The Morgan fingerprint density at radius 3 is 2.57 bits per heavy atom. The molecule has 1 aliphatic carbocycles. The fourth-order valence-electron chi connectivity index (χ4n) is 2.14. The lowest BCUT2D eigenvalue weighted by Gasteiger charge is -2.20. The second kappa shape index (κ2) is 5.86. The first-order valence-electron chi connectivity index (χ1n) is 5.53. The van der Waals surface area contributed by atoms with Gasteiger partial charge in [-0.25, -0.2) is 0 Å². The fourth-order valence-corrected chi connectivity index (χ4v) is 2.14. The van der Waals surface area contributed by atoms with Gasteiger partial charge in [0.25, 0.3) is 0 Å². The summed E-state index contributed by atoms with van der Waals surface area (Å²) < 4.78 is 0. The van der Waals surface area contributed by atoms with Gasteiger partial charge in [-0.15, -0.1) is 0 Å². The number of allylic oxidation sites excluding steroid dienone is 2. The molecule has 2 nitrogen and oxygen atoms in total. The molecule has 3 atom stereocenters. The Morgan fingerprint density at radius 1 is 1.29 bits per heavy atom. The Kier molecular flexibility index (Phi) is 4.74. The standard InChI is InChI=1S/C12H22N2/c1-3-5-12(14-8-4-2)10-6-7-11(13)9-10/h3-5,8,10-12,14H,6-7,9,13H2,1-2H3/b5-3-,8-4+. The summed E-state index contributed by atoms with van der Waals surface area (Å²) >= 11 is 0. The molecule has 80 valence electrons. The predicted octanol–water partition coefficient (Wildman–Crippen LogP) is 2.18. The van der Waals surface area contributed by atoms with Crippen molar-refractivity contribution >= 4 is 0 Å². The van der Waals surface area contributed by atoms with Crippen LogP contribution in [0.1, 0.15) is 33.1 Å². The molecule has 0 radical (unpaired) electrons. The summed E-state index contributed by atoms with van der Waals surface area (Å²) in [5, 5.41) is 3.41. The van der Waals surface area contributed by atoms with Crippen LogP contribution < -0.4 is 11.1 Å². The van der Waals surface area contributed by atoms with Gasteiger partial charge in [0.15, 0.2) is 0 Å². The number of nitrogens with one attached hydrogen (secondary N) is 1. The summed E-state index contributed by atoms with van der Waals surface area (Å²) in [5.41, 5.74) is 5.92. The van der Waals surface area contributed by atoms with E-state index in [0.29, 0.717) is 18.0 Å². The lowest BCUT2D eigenvalue weighted by Crippen LogP contribution is -2.30. The molecule has 0 spiro atoms. The molecule has 1 rings (SSSR count). The van der Waals surface area contributed by atoms with E-state index in [1.54, 1.807) is 0 Å². The monoisotopic (exact) mass is 194 g/mol. The molecule has 0 aromatic heterocycles. The van der Waals surface area contributed by atoms with Crippen molar-refractivity contribution < 1.29 is 0 Å². The molecule has 1 fully saturated rings. The zero-order valence-electron chi connectivity index (χ0n) is 9.24. The van der Waals surface area contributed by atoms with Gasteiger partial charge in [0.2, 0.25) is 0 Å². The van der Waals surface area contributed by atoms with E-state index in [1.165, 1.54) is 12.8 Å². The maximum Gasteiger partial charge on any atom is 0.0467 e. The molecule has 14 heavy (non-hydrogen) atoms. The van der Waals surface area contributed by atoms with Crippen molar-refractivity contribution in [2.24, 2.45) is 11.7 Å². The van der Waals surface area contributed by atoms with Gasteiger partial charge < -0.3 is 11.1 Å². The highest BCUT2D eigenvalue weighted by Crippen LogP contribution is 2.27. The highest BCUT2D eigenvalue weighted by Gasteiger charge is 2.26. The van der Waals surface area contributed by atoms with E-state index < -0.39 is 0 Å². The van der Waals surface area contributed by atoms with Crippen molar-refractivity contribution in [1.29, 1.82) is 0 Å². The largest absolute Gasteiger partial charge is 0.385 e. The SMILES string of the molecule is C/C=C\C(N/C=C/C)C1CCC(N)C1. The molecule has 3 unspecified atom stereocenters. The van der Waals surface area contributed by atoms with Crippen molar-refractivity contribution in [3.8, 4) is 0 Å². The molecular weight excluding hydrogens is 172 g/mol. The first-order valence-corrected chi connectivity index (χ1v) is 5.53. The van der Waals surface area contributed by atoms with Gasteiger partial charge in [-0.05, 0) is 45.2 Å². The quantitative estimate of drug-likeness (QED) is 0.673. The molecule has 1 aliphatic rings. The molecule has 0 heterocycles. The minimum Gasteiger partial charge on any atom is -0.385 e.